The highest BCUT2D eigenvalue weighted by Gasteiger charge is 2.25. The van der Waals surface area contributed by atoms with Crippen LogP contribution in [0.15, 0.2) is 46.4 Å². The molecule has 0 spiro atoms. The number of thiophene rings is 1. The van der Waals surface area contributed by atoms with E-state index in [-0.39, 0.29) is 27.4 Å². The molecule has 1 amide bonds. The summed E-state index contributed by atoms with van der Waals surface area (Å²) in [6, 6.07) is 9.77. The number of anilines is 1. The predicted octanol–water partition coefficient (Wildman–Crippen LogP) is 3.95. The summed E-state index contributed by atoms with van der Waals surface area (Å²) >= 11 is 1.94. The van der Waals surface area contributed by atoms with Crippen LogP contribution < -0.4 is 14.8 Å². The maximum atomic E-state index is 12.6. The SMILES string of the molecule is CCOc1cc(/C=C(/C#N)C(=O)Nc2nc(S(=O)(=O)C(C)C)ns2)ccc1OC(=O)c1cccs1. The van der Waals surface area contributed by atoms with Gasteiger partial charge >= 0.3 is 5.97 Å². The Hall–Kier alpha value is -3.60. The molecule has 0 saturated heterocycles. The largest absolute Gasteiger partial charge is 0.490 e. The molecule has 0 bridgehead atoms. The van der Waals surface area contributed by atoms with Crippen LogP contribution in [0.1, 0.15) is 36.0 Å². The molecule has 0 unspecified atom stereocenters. The van der Waals surface area contributed by atoms with Crippen LogP contribution >= 0.6 is 22.9 Å². The number of hydrogen-bond donors (Lipinski definition) is 1. The first kappa shape index (κ1) is 26.0. The first-order valence-electron chi connectivity index (χ1n) is 10.2. The van der Waals surface area contributed by atoms with Crippen molar-refractivity contribution in [1.82, 2.24) is 9.36 Å². The van der Waals surface area contributed by atoms with E-state index in [1.54, 1.807) is 36.6 Å². The number of nitriles is 1. The molecule has 0 saturated carbocycles. The normalized spacial score (nSPS) is 11.7. The third kappa shape index (κ3) is 6.30. The third-order valence-electron chi connectivity index (χ3n) is 4.37. The average molecular weight is 533 g/mol. The average Bonchev–Trinajstić information content (AvgIpc) is 3.52. The van der Waals surface area contributed by atoms with Crippen molar-refractivity contribution in [1.29, 1.82) is 5.26 Å². The van der Waals surface area contributed by atoms with Crippen molar-refractivity contribution >= 4 is 55.8 Å². The minimum absolute atomic E-state index is 0.0544. The molecule has 0 radical (unpaired) electrons. The number of esters is 1. The molecular weight excluding hydrogens is 512 g/mol. The first-order valence-corrected chi connectivity index (χ1v) is 13.4. The van der Waals surface area contributed by atoms with Gasteiger partial charge in [0.1, 0.15) is 16.5 Å². The van der Waals surface area contributed by atoms with E-state index in [1.807, 2.05) is 0 Å². The Morgan fingerprint density at radius 2 is 2.03 bits per heavy atom. The van der Waals surface area contributed by atoms with E-state index in [0.717, 1.165) is 0 Å². The lowest BCUT2D eigenvalue weighted by Crippen LogP contribution is -2.16. The standard InChI is InChI=1S/C22H20N4O6S3/c1-4-31-17-11-14(7-8-16(17)32-20(28)18-6-5-9-33-18)10-15(12-23)19(27)24-21-25-22(26-34-21)35(29,30)13(2)3/h5-11,13H,4H2,1-3H3,(H,24,25,26,27)/b15-10-. The maximum absolute atomic E-state index is 12.6. The van der Waals surface area contributed by atoms with E-state index in [4.69, 9.17) is 9.47 Å². The topological polar surface area (TPSA) is 148 Å². The molecule has 2 heterocycles. The van der Waals surface area contributed by atoms with E-state index in [0.29, 0.717) is 28.6 Å². The summed E-state index contributed by atoms with van der Waals surface area (Å²) in [6.07, 6.45) is 1.32. The van der Waals surface area contributed by atoms with Gasteiger partial charge in [0.2, 0.25) is 15.0 Å². The van der Waals surface area contributed by atoms with E-state index in [9.17, 15) is 23.3 Å². The van der Waals surface area contributed by atoms with Crippen LogP contribution in [0.2, 0.25) is 0 Å². The van der Waals surface area contributed by atoms with E-state index in [2.05, 4.69) is 14.7 Å². The van der Waals surface area contributed by atoms with Gasteiger partial charge in [0.25, 0.3) is 11.1 Å². The molecule has 0 aliphatic rings. The van der Waals surface area contributed by atoms with E-state index >= 15 is 0 Å². The van der Waals surface area contributed by atoms with Gasteiger partial charge in [0.05, 0.1) is 11.9 Å². The van der Waals surface area contributed by atoms with Crippen molar-refractivity contribution in [2.24, 2.45) is 0 Å². The Labute approximate surface area is 209 Å². The molecule has 0 aliphatic heterocycles. The quantitative estimate of drug-likeness (QED) is 0.187. The molecule has 3 aromatic rings. The molecular formula is C22H20N4O6S3. The van der Waals surface area contributed by atoms with Gasteiger partial charge in [-0.3, -0.25) is 10.1 Å². The van der Waals surface area contributed by atoms with Crippen molar-refractivity contribution in [3.8, 4) is 17.6 Å². The van der Waals surface area contributed by atoms with Gasteiger partial charge in [0, 0.05) is 11.5 Å². The third-order valence-corrected chi connectivity index (χ3v) is 7.90. The Bertz CT molecular complexity index is 1400. The van der Waals surface area contributed by atoms with Gasteiger partial charge < -0.3 is 9.47 Å². The van der Waals surface area contributed by atoms with Gasteiger partial charge in [0.15, 0.2) is 11.5 Å². The summed E-state index contributed by atoms with van der Waals surface area (Å²) in [5, 5.41) is 12.5. The van der Waals surface area contributed by atoms with Gasteiger partial charge in [-0.25, -0.2) is 13.2 Å². The number of carbonyl (C=O) groups is 2. The summed E-state index contributed by atoms with van der Waals surface area (Å²) in [7, 11) is -3.70. The Kier molecular flexibility index (Phi) is 8.34. The van der Waals surface area contributed by atoms with Crippen molar-refractivity contribution in [3.05, 3.63) is 51.7 Å². The molecule has 13 heteroatoms. The molecule has 0 aliphatic carbocycles. The fourth-order valence-electron chi connectivity index (χ4n) is 2.58. The van der Waals surface area contributed by atoms with E-state index in [1.165, 1.54) is 43.4 Å². The van der Waals surface area contributed by atoms with Crippen molar-refractivity contribution in [3.63, 3.8) is 0 Å². The van der Waals surface area contributed by atoms with E-state index < -0.39 is 27.0 Å². The number of benzene rings is 1. The Morgan fingerprint density at radius 1 is 1.26 bits per heavy atom. The van der Waals surface area contributed by atoms with Gasteiger partial charge in [-0.05, 0) is 56.0 Å². The molecule has 1 aromatic carbocycles. The second-order valence-corrected chi connectivity index (χ2v) is 11.2. The number of sulfone groups is 1. The Morgan fingerprint density at radius 3 is 2.66 bits per heavy atom. The number of rotatable bonds is 9. The number of ether oxygens (including phenoxy) is 2. The highest BCUT2D eigenvalue weighted by atomic mass is 32.2. The monoisotopic (exact) mass is 532 g/mol. The fourth-order valence-corrected chi connectivity index (χ4v) is 4.87. The summed E-state index contributed by atoms with van der Waals surface area (Å²) < 4.78 is 39.1. The lowest BCUT2D eigenvalue weighted by atomic mass is 10.1. The number of carbonyl (C=O) groups excluding carboxylic acids is 2. The molecule has 0 fully saturated rings. The lowest BCUT2D eigenvalue weighted by Gasteiger charge is -2.11. The predicted molar refractivity (Wildman–Crippen MR) is 131 cm³/mol. The number of hydrogen-bond acceptors (Lipinski definition) is 11. The van der Waals surface area contributed by atoms with Crippen LogP contribution in [-0.4, -0.2) is 41.5 Å². The minimum atomic E-state index is -3.70. The molecule has 10 nitrogen and oxygen atoms in total. The summed E-state index contributed by atoms with van der Waals surface area (Å²) in [5.74, 6) is -0.866. The van der Waals surface area contributed by atoms with Crippen LogP contribution in [0.3, 0.4) is 0 Å². The zero-order valence-corrected chi connectivity index (χ0v) is 21.3. The molecule has 35 heavy (non-hydrogen) atoms. The first-order chi connectivity index (χ1) is 16.6. The van der Waals surface area contributed by atoms with Gasteiger partial charge in [-0.15, -0.1) is 11.3 Å². The summed E-state index contributed by atoms with van der Waals surface area (Å²) in [6.45, 7) is 5.05. The molecule has 3 rings (SSSR count). The van der Waals surface area contributed by atoms with Crippen LogP contribution in [0.25, 0.3) is 6.08 Å². The number of nitrogens with zero attached hydrogens (tertiary/aromatic N) is 3. The van der Waals surface area contributed by atoms with Crippen LogP contribution in [0.5, 0.6) is 11.5 Å². The second-order valence-electron chi connectivity index (χ2n) is 7.11. The van der Waals surface area contributed by atoms with Crippen LogP contribution in [-0.2, 0) is 14.6 Å². The molecule has 2 aromatic heterocycles. The smallest absolute Gasteiger partial charge is 0.353 e. The number of aromatic nitrogens is 2. The highest BCUT2D eigenvalue weighted by molar-refractivity contribution is 7.91. The van der Waals surface area contributed by atoms with Crippen LogP contribution in [0.4, 0.5) is 5.13 Å². The number of nitrogens with one attached hydrogen (secondary N) is 1. The fraction of sp³-hybridized carbons (Fsp3) is 0.227. The molecule has 0 atom stereocenters. The van der Waals surface area contributed by atoms with Crippen LogP contribution in [0, 0.1) is 11.3 Å². The van der Waals surface area contributed by atoms with Crippen molar-refractivity contribution in [2.75, 3.05) is 11.9 Å². The molecule has 182 valence electrons. The lowest BCUT2D eigenvalue weighted by molar-refractivity contribution is -0.112. The van der Waals surface area contributed by atoms with Gasteiger partial charge in [-0.1, -0.05) is 12.1 Å². The Balaban J connectivity index is 1.80. The summed E-state index contributed by atoms with van der Waals surface area (Å²) in [5.41, 5.74) is 0.177. The summed E-state index contributed by atoms with van der Waals surface area (Å²) in [4.78, 5) is 29.1. The molecule has 1 N–H and O–H groups in total. The number of amides is 1. The zero-order chi connectivity index (χ0) is 25.6. The zero-order valence-electron chi connectivity index (χ0n) is 18.8. The van der Waals surface area contributed by atoms with Crippen molar-refractivity contribution in [2.45, 2.75) is 31.2 Å². The maximum Gasteiger partial charge on any atom is 0.353 e. The van der Waals surface area contributed by atoms with Gasteiger partial charge in [-0.2, -0.15) is 14.6 Å². The van der Waals surface area contributed by atoms with Crippen molar-refractivity contribution < 1.29 is 27.5 Å². The second kappa shape index (κ2) is 11.2. The highest BCUT2D eigenvalue weighted by Crippen LogP contribution is 2.30. The minimum Gasteiger partial charge on any atom is -0.490 e.